The Bertz CT molecular complexity index is 313. The molecule has 1 unspecified atom stereocenters. The Morgan fingerprint density at radius 2 is 1.67 bits per heavy atom. The van der Waals surface area contributed by atoms with Crippen LogP contribution in [0, 0.1) is 11.8 Å². The van der Waals surface area contributed by atoms with Crippen LogP contribution in [0.25, 0.3) is 0 Å². The van der Waals surface area contributed by atoms with Gasteiger partial charge in [0, 0.05) is 0 Å². The van der Waals surface area contributed by atoms with Gasteiger partial charge in [-0.2, -0.15) is 0 Å². The van der Waals surface area contributed by atoms with E-state index in [9.17, 15) is 0 Å². The molecule has 0 bridgehead atoms. The number of hydrogen-bond donors (Lipinski definition) is 1. The van der Waals surface area contributed by atoms with Gasteiger partial charge in [-0.25, -0.2) is 0 Å². The van der Waals surface area contributed by atoms with Crippen LogP contribution in [0.1, 0.15) is 12.8 Å². The van der Waals surface area contributed by atoms with Crippen molar-refractivity contribution in [2.45, 2.75) is 18.9 Å². The number of nitrogens with one attached hydrogen (secondary N) is 1. The zero-order valence-corrected chi connectivity index (χ0v) is 8.86. The molecule has 1 aromatic rings. The molecule has 1 heterocycles. The molecule has 1 aliphatic heterocycles. The largest absolute Gasteiger partial charge is 0.490 e. The minimum atomic E-state index is 0.449. The molecule has 0 aromatic heterocycles. The third-order valence-corrected chi connectivity index (χ3v) is 3.66. The molecule has 2 aliphatic rings. The number of hydrogen-bond acceptors (Lipinski definition) is 2. The zero-order valence-electron chi connectivity index (χ0n) is 8.86. The van der Waals surface area contributed by atoms with Gasteiger partial charge in [0.1, 0.15) is 5.75 Å². The molecule has 2 fully saturated rings. The lowest BCUT2D eigenvalue weighted by molar-refractivity contribution is 0.199. The number of benzene rings is 1. The van der Waals surface area contributed by atoms with Crippen molar-refractivity contribution in [2.24, 2.45) is 11.8 Å². The Labute approximate surface area is 90.6 Å². The third kappa shape index (κ3) is 1.86. The number of para-hydroxylation sites is 1. The van der Waals surface area contributed by atoms with Gasteiger partial charge in [0.2, 0.25) is 0 Å². The summed E-state index contributed by atoms with van der Waals surface area (Å²) >= 11 is 0. The Hall–Kier alpha value is -1.02. The third-order valence-electron chi connectivity index (χ3n) is 3.66. The normalized spacial score (nSPS) is 34.0. The van der Waals surface area contributed by atoms with E-state index < -0.39 is 0 Å². The summed E-state index contributed by atoms with van der Waals surface area (Å²) in [5.74, 6) is 2.74. The van der Waals surface area contributed by atoms with E-state index in [1.807, 2.05) is 30.3 Å². The Morgan fingerprint density at radius 3 is 2.33 bits per heavy atom. The van der Waals surface area contributed by atoms with Crippen LogP contribution in [-0.2, 0) is 0 Å². The number of rotatable bonds is 2. The first-order valence-corrected chi connectivity index (χ1v) is 5.84. The number of fused-ring (bicyclic) bond motifs is 1. The Balaban J connectivity index is 1.62. The molecule has 0 radical (unpaired) electrons. The highest BCUT2D eigenvalue weighted by Gasteiger charge is 2.38. The van der Waals surface area contributed by atoms with Gasteiger partial charge in [-0.3, -0.25) is 0 Å². The highest BCUT2D eigenvalue weighted by atomic mass is 16.5. The molecule has 2 heteroatoms. The van der Waals surface area contributed by atoms with Crippen LogP contribution in [0.4, 0.5) is 0 Å². The summed E-state index contributed by atoms with van der Waals surface area (Å²) in [7, 11) is 0. The summed E-state index contributed by atoms with van der Waals surface area (Å²) in [6.07, 6.45) is 2.91. The number of ether oxygens (including phenoxy) is 1. The first kappa shape index (κ1) is 9.22. The second-order valence-electron chi connectivity index (χ2n) is 4.70. The van der Waals surface area contributed by atoms with Gasteiger partial charge in [-0.1, -0.05) is 18.2 Å². The summed E-state index contributed by atoms with van der Waals surface area (Å²) in [5.41, 5.74) is 0. The highest BCUT2D eigenvalue weighted by Crippen LogP contribution is 2.36. The van der Waals surface area contributed by atoms with E-state index in [-0.39, 0.29) is 0 Å². The fourth-order valence-corrected chi connectivity index (χ4v) is 2.90. The molecule has 1 aromatic carbocycles. The molecule has 1 aliphatic carbocycles. The molecule has 3 rings (SSSR count). The second-order valence-corrected chi connectivity index (χ2v) is 4.70. The summed E-state index contributed by atoms with van der Waals surface area (Å²) in [5, 5.41) is 3.45. The predicted molar refractivity (Wildman–Crippen MR) is 59.9 cm³/mol. The first-order valence-electron chi connectivity index (χ1n) is 5.84. The van der Waals surface area contributed by atoms with Crippen molar-refractivity contribution in [3.8, 4) is 5.75 Å². The van der Waals surface area contributed by atoms with Crippen molar-refractivity contribution < 1.29 is 4.74 Å². The molecule has 0 spiro atoms. The van der Waals surface area contributed by atoms with Crippen molar-refractivity contribution in [2.75, 3.05) is 13.1 Å². The standard InChI is InChI=1S/C13H17NO/c1-2-4-12(5-3-1)15-13-6-10-8-14-9-11(10)7-13/h1-5,10-11,13-14H,6-9H2/t10-,11?,13+/m0/s1. The topological polar surface area (TPSA) is 21.3 Å². The van der Waals surface area contributed by atoms with Gasteiger partial charge < -0.3 is 10.1 Å². The van der Waals surface area contributed by atoms with Gasteiger partial charge in [-0.15, -0.1) is 0 Å². The lowest BCUT2D eigenvalue weighted by Gasteiger charge is -2.14. The van der Waals surface area contributed by atoms with Crippen LogP contribution in [0.2, 0.25) is 0 Å². The summed E-state index contributed by atoms with van der Waals surface area (Å²) < 4.78 is 5.98. The van der Waals surface area contributed by atoms with Gasteiger partial charge in [0.25, 0.3) is 0 Å². The monoisotopic (exact) mass is 203 g/mol. The molecular weight excluding hydrogens is 186 g/mol. The van der Waals surface area contributed by atoms with Crippen LogP contribution in [-0.4, -0.2) is 19.2 Å². The lowest BCUT2D eigenvalue weighted by atomic mass is 10.0. The Kier molecular flexibility index (Phi) is 2.37. The van der Waals surface area contributed by atoms with Gasteiger partial charge in [0.15, 0.2) is 0 Å². The van der Waals surface area contributed by atoms with Crippen LogP contribution >= 0.6 is 0 Å². The average molecular weight is 203 g/mol. The molecule has 0 amide bonds. The Morgan fingerprint density at radius 1 is 1.00 bits per heavy atom. The van der Waals surface area contributed by atoms with E-state index in [0.717, 1.165) is 17.6 Å². The highest BCUT2D eigenvalue weighted by molar-refractivity contribution is 5.21. The van der Waals surface area contributed by atoms with Gasteiger partial charge >= 0.3 is 0 Å². The van der Waals surface area contributed by atoms with E-state index in [0.29, 0.717) is 6.10 Å². The van der Waals surface area contributed by atoms with E-state index in [1.165, 1.54) is 25.9 Å². The van der Waals surface area contributed by atoms with Crippen LogP contribution in [0.5, 0.6) is 5.75 Å². The van der Waals surface area contributed by atoms with Crippen LogP contribution in [0.15, 0.2) is 30.3 Å². The summed E-state index contributed by atoms with van der Waals surface area (Å²) in [6, 6.07) is 10.2. The van der Waals surface area contributed by atoms with Gasteiger partial charge in [0.05, 0.1) is 6.10 Å². The molecule has 1 saturated heterocycles. The molecule has 1 saturated carbocycles. The van der Waals surface area contributed by atoms with E-state index >= 15 is 0 Å². The zero-order chi connectivity index (χ0) is 10.1. The van der Waals surface area contributed by atoms with E-state index in [2.05, 4.69) is 5.32 Å². The van der Waals surface area contributed by atoms with Crippen LogP contribution in [0.3, 0.4) is 0 Å². The maximum absolute atomic E-state index is 5.98. The molecule has 3 atom stereocenters. The maximum Gasteiger partial charge on any atom is 0.119 e. The fourth-order valence-electron chi connectivity index (χ4n) is 2.90. The molecular formula is C13H17NO. The van der Waals surface area contributed by atoms with Crippen molar-refractivity contribution in [3.05, 3.63) is 30.3 Å². The minimum Gasteiger partial charge on any atom is -0.490 e. The van der Waals surface area contributed by atoms with Crippen molar-refractivity contribution in [3.63, 3.8) is 0 Å². The van der Waals surface area contributed by atoms with Crippen molar-refractivity contribution >= 4 is 0 Å². The molecule has 1 N–H and O–H groups in total. The molecule has 80 valence electrons. The smallest absolute Gasteiger partial charge is 0.119 e. The predicted octanol–water partition coefficient (Wildman–Crippen LogP) is 2.06. The van der Waals surface area contributed by atoms with Gasteiger partial charge in [-0.05, 0) is 49.9 Å². The lowest BCUT2D eigenvalue weighted by Crippen LogP contribution is -2.18. The summed E-state index contributed by atoms with van der Waals surface area (Å²) in [4.78, 5) is 0. The average Bonchev–Trinajstić information content (AvgIpc) is 2.79. The van der Waals surface area contributed by atoms with E-state index in [1.54, 1.807) is 0 Å². The maximum atomic E-state index is 5.98. The van der Waals surface area contributed by atoms with Crippen molar-refractivity contribution in [1.82, 2.24) is 5.32 Å². The minimum absolute atomic E-state index is 0.449. The summed E-state index contributed by atoms with van der Waals surface area (Å²) in [6.45, 7) is 2.39. The molecule has 15 heavy (non-hydrogen) atoms. The quantitative estimate of drug-likeness (QED) is 0.794. The van der Waals surface area contributed by atoms with E-state index in [4.69, 9.17) is 4.74 Å². The second kappa shape index (κ2) is 3.86. The fraction of sp³-hybridized carbons (Fsp3) is 0.538. The first-order chi connectivity index (χ1) is 7.42. The van der Waals surface area contributed by atoms with Crippen molar-refractivity contribution in [1.29, 1.82) is 0 Å². The molecule has 2 nitrogen and oxygen atoms in total. The van der Waals surface area contributed by atoms with Crippen LogP contribution < -0.4 is 10.1 Å². The SMILES string of the molecule is c1ccc(O[C@H]2CC3CNC[C@@H]3C2)cc1.